The molecule has 4 nitrogen and oxygen atoms in total. The molecule has 0 aliphatic heterocycles. The molecule has 0 aliphatic rings. The number of amides is 2. The molecule has 1 aromatic rings. The van der Waals surface area contributed by atoms with Gasteiger partial charge in [-0.05, 0) is 45.9 Å². The Bertz CT molecular complexity index is 541. The molecule has 6 heteroatoms. The quantitative estimate of drug-likeness (QED) is 0.899. The number of likely N-dealkylation sites (N-methyl/N-ethyl adjacent to an activating group) is 1. The second-order valence-electron chi connectivity index (χ2n) is 5.74. The van der Waals surface area contributed by atoms with Gasteiger partial charge in [-0.2, -0.15) is 0 Å². The minimum Gasteiger partial charge on any atom is -0.350 e. The first-order valence-electron chi connectivity index (χ1n) is 6.69. The van der Waals surface area contributed by atoms with Gasteiger partial charge in [-0.25, -0.2) is 4.39 Å². The maximum absolute atomic E-state index is 13.8. The SMILES string of the molecule is CCN(CC(=O)NC(C)(C)C)C(=O)c1ccc(Br)cc1F. The van der Waals surface area contributed by atoms with Crippen molar-refractivity contribution in [1.29, 1.82) is 0 Å². The lowest BCUT2D eigenvalue weighted by Crippen LogP contribution is -2.47. The van der Waals surface area contributed by atoms with Crippen molar-refractivity contribution in [2.24, 2.45) is 0 Å². The third-order valence-electron chi connectivity index (χ3n) is 2.68. The van der Waals surface area contributed by atoms with Gasteiger partial charge in [-0.1, -0.05) is 15.9 Å². The summed E-state index contributed by atoms with van der Waals surface area (Å²) in [5.74, 6) is -1.37. The van der Waals surface area contributed by atoms with Crippen LogP contribution in [-0.4, -0.2) is 35.3 Å². The molecule has 0 saturated heterocycles. The van der Waals surface area contributed by atoms with Crippen molar-refractivity contribution in [3.05, 3.63) is 34.1 Å². The Kier molecular flexibility index (Phi) is 5.89. The first-order valence-corrected chi connectivity index (χ1v) is 7.48. The molecule has 0 bridgehead atoms. The fourth-order valence-electron chi connectivity index (χ4n) is 1.79. The van der Waals surface area contributed by atoms with Gasteiger partial charge in [0.2, 0.25) is 5.91 Å². The van der Waals surface area contributed by atoms with E-state index in [1.807, 2.05) is 20.8 Å². The summed E-state index contributed by atoms with van der Waals surface area (Å²) in [6.45, 7) is 7.55. The maximum Gasteiger partial charge on any atom is 0.257 e. The summed E-state index contributed by atoms with van der Waals surface area (Å²) in [5, 5.41) is 2.78. The van der Waals surface area contributed by atoms with Crippen LogP contribution < -0.4 is 5.32 Å². The van der Waals surface area contributed by atoms with Gasteiger partial charge in [0.05, 0.1) is 12.1 Å². The Labute approximate surface area is 132 Å². The predicted molar refractivity (Wildman–Crippen MR) is 83.6 cm³/mol. The van der Waals surface area contributed by atoms with Crippen molar-refractivity contribution in [1.82, 2.24) is 10.2 Å². The van der Waals surface area contributed by atoms with E-state index in [-0.39, 0.29) is 23.6 Å². The highest BCUT2D eigenvalue weighted by atomic mass is 79.9. The first kappa shape index (κ1) is 17.6. The van der Waals surface area contributed by atoms with Crippen LogP contribution in [-0.2, 0) is 4.79 Å². The predicted octanol–water partition coefficient (Wildman–Crippen LogP) is 2.97. The molecule has 0 heterocycles. The minimum absolute atomic E-state index is 0.0383. The van der Waals surface area contributed by atoms with Crippen LogP contribution in [0.4, 0.5) is 4.39 Å². The number of benzene rings is 1. The summed E-state index contributed by atoms with van der Waals surface area (Å²) in [6, 6.07) is 4.24. The number of carbonyl (C=O) groups is 2. The van der Waals surface area contributed by atoms with Gasteiger partial charge in [-0.3, -0.25) is 9.59 Å². The zero-order valence-corrected chi connectivity index (χ0v) is 14.3. The van der Waals surface area contributed by atoms with E-state index in [9.17, 15) is 14.0 Å². The molecule has 1 aromatic carbocycles. The van der Waals surface area contributed by atoms with Crippen LogP contribution in [0, 0.1) is 5.82 Å². The van der Waals surface area contributed by atoms with Gasteiger partial charge in [0, 0.05) is 16.6 Å². The van der Waals surface area contributed by atoms with Crippen molar-refractivity contribution in [2.45, 2.75) is 33.2 Å². The summed E-state index contributed by atoms with van der Waals surface area (Å²) < 4.78 is 14.4. The molecule has 1 rings (SSSR count). The lowest BCUT2D eigenvalue weighted by Gasteiger charge is -2.25. The van der Waals surface area contributed by atoms with E-state index in [0.717, 1.165) is 0 Å². The second kappa shape index (κ2) is 7.02. The van der Waals surface area contributed by atoms with Crippen molar-refractivity contribution < 1.29 is 14.0 Å². The molecule has 21 heavy (non-hydrogen) atoms. The van der Waals surface area contributed by atoms with Gasteiger partial charge >= 0.3 is 0 Å². The summed E-state index contributed by atoms with van der Waals surface area (Å²) in [5.41, 5.74) is -0.411. The van der Waals surface area contributed by atoms with Crippen LogP contribution >= 0.6 is 15.9 Å². The van der Waals surface area contributed by atoms with E-state index in [2.05, 4.69) is 21.2 Å². The average molecular weight is 359 g/mol. The highest BCUT2D eigenvalue weighted by molar-refractivity contribution is 9.10. The van der Waals surface area contributed by atoms with Crippen molar-refractivity contribution in [3.8, 4) is 0 Å². The lowest BCUT2D eigenvalue weighted by atomic mass is 10.1. The van der Waals surface area contributed by atoms with Gasteiger partial charge in [0.15, 0.2) is 0 Å². The van der Waals surface area contributed by atoms with Crippen molar-refractivity contribution >= 4 is 27.7 Å². The van der Waals surface area contributed by atoms with Crippen molar-refractivity contribution in [3.63, 3.8) is 0 Å². The Morgan fingerprint density at radius 1 is 1.33 bits per heavy atom. The van der Waals surface area contributed by atoms with E-state index in [1.165, 1.54) is 17.0 Å². The topological polar surface area (TPSA) is 49.4 Å². The van der Waals surface area contributed by atoms with Crippen molar-refractivity contribution in [2.75, 3.05) is 13.1 Å². The Morgan fingerprint density at radius 3 is 2.43 bits per heavy atom. The van der Waals surface area contributed by atoms with Crippen LogP contribution in [0.1, 0.15) is 38.1 Å². The summed E-state index contributed by atoms with van der Waals surface area (Å²) in [4.78, 5) is 25.5. The minimum atomic E-state index is -0.607. The Balaban J connectivity index is 2.84. The number of halogens is 2. The number of hydrogen-bond donors (Lipinski definition) is 1. The van der Waals surface area contributed by atoms with Gasteiger partial charge in [0.1, 0.15) is 5.82 Å². The fourth-order valence-corrected chi connectivity index (χ4v) is 2.12. The van der Waals surface area contributed by atoms with E-state index in [1.54, 1.807) is 13.0 Å². The number of carbonyl (C=O) groups excluding carboxylic acids is 2. The highest BCUT2D eigenvalue weighted by Gasteiger charge is 2.22. The highest BCUT2D eigenvalue weighted by Crippen LogP contribution is 2.17. The Morgan fingerprint density at radius 2 is 1.95 bits per heavy atom. The molecular formula is C15H20BrFN2O2. The molecule has 2 amide bonds. The van der Waals surface area contributed by atoms with Crippen LogP contribution in [0.25, 0.3) is 0 Å². The molecule has 0 atom stereocenters. The fraction of sp³-hybridized carbons (Fsp3) is 0.467. The average Bonchev–Trinajstić information content (AvgIpc) is 2.33. The van der Waals surface area contributed by atoms with Crippen LogP contribution in [0.3, 0.4) is 0 Å². The third-order valence-corrected chi connectivity index (χ3v) is 3.17. The van der Waals surface area contributed by atoms with E-state index < -0.39 is 11.7 Å². The molecule has 0 spiro atoms. The standard InChI is InChI=1S/C15H20BrFN2O2/c1-5-19(9-13(20)18-15(2,3)4)14(21)11-7-6-10(16)8-12(11)17/h6-8H,5,9H2,1-4H3,(H,18,20). The number of nitrogens with zero attached hydrogens (tertiary/aromatic N) is 1. The molecule has 0 aromatic heterocycles. The monoisotopic (exact) mass is 358 g/mol. The summed E-state index contributed by atoms with van der Waals surface area (Å²) in [6.07, 6.45) is 0. The van der Waals surface area contributed by atoms with Gasteiger partial charge < -0.3 is 10.2 Å². The maximum atomic E-state index is 13.8. The van der Waals surface area contributed by atoms with Crippen LogP contribution in [0.5, 0.6) is 0 Å². The first-order chi connectivity index (χ1) is 9.64. The number of rotatable bonds is 4. The smallest absolute Gasteiger partial charge is 0.257 e. The summed E-state index contributed by atoms with van der Waals surface area (Å²) >= 11 is 3.14. The molecule has 0 unspecified atom stereocenters. The van der Waals surface area contributed by atoms with Crippen LogP contribution in [0.2, 0.25) is 0 Å². The number of nitrogens with one attached hydrogen (secondary N) is 1. The summed E-state index contributed by atoms with van der Waals surface area (Å²) in [7, 11) is 0. The molecule has 0 fully saturated rings. The second-order valence-corrected chi connectivity index (χ2v) is 6.66. The molecule has 0 radical (unpaired) electrons. The third kappa shape index (κ3) is 5.46. The lowest BCUT2D eigenvalue weighted by molar-refractivity contribution is -0.123. The molecule has 0 saturated carbocycles. The molecular weight excluding hydrogens is 339 g/mol. The van der Waals surface area contributed by atoms with E-state index in [4.69, 9.17) is 0 Å². The number of hydrogen-bond acceptors (Lipinski definition) is 2. The van der Waals surface area contributed by atoms with Gasteiger partial charge in [-0.15, -0.1) is 0 Å². The van der Waals surface area contributed by atoms with Gasteiger partial charge in [0.25, 0.3) is 5.91 Å². The normalized spacial score (nSPS) is 11.1. The molecule has 1 N–H and O–H groups in total. The molecule has 116 valence electrons. The molecule has 0 aliphatic carbocycles. The zero-order valence-electron chi connectivity index (χ0n) is 12.7. The largest absolute Gasteiger partial charge is 0.350 e. The van der Waals surface area contributed by atoms with E-state index in [0.29, 0.717) is 11.0 Å². The van der Waals surface area contributed by atoms with Crippen LogP contribution in [0.15, 0.2) is 22.7 Å². The zero-order chi connectivity index (χ0) is 16.2. The Hall–Kier alpha value is -1.43. The van der Waals surface area contributed by atoms with E-state index >= 15 is 0 Å².